The molecule has 58 heavy (non-hydrogen) atoms. The van der Waals surface area contributed by atoms with Gasteiger partial charge in [-0.3, -0.25) is 0 Å². The molecule has 3 nitrogen and oxygen atoms in total. The van der Waals surface area contributed by atoms with Gasteiger partial charge in [0.2, 0.25) is 0 Å². The molecule has 1 aromatic heterocycles. The molecule has 0 saturated heterocycles. The molecule has 0 aliphatic carbocycles. The van der Waals surface area contributed by atoms with Crippen LogP contribution in [0.15, 0.2) is 218 Å². The average molecular weight is 738 g/mol. The Kier molecular flexibility index (Phi) is 7.33. The number of anilines is 6. The lowest BCUT2D eigenvalue weighted by Crippen LogP contribution is -2.61. The summed E-state index contributed by atoms with van der Waals surface area (Å²) in [5.41, 5.74) is 19.6. The minimum atomic E-state index is 0.0375. The smallest absolute Gasteiger partial charge is 0.252 e. The molecule has 0 atom stereocenters. The number of hydrogen-bond donors (Lipinski definition) is 0. The molecule has 2 aliphatic rings. The average Bonchev–Trinajstić information content (AvgIpc) is 3.63. The summed E-state index contributed by atoms with van der Waals surface area (Å²) >= 11 is 0. The van der Waals surface area contributed by atoms with Crippen LogP contribution in [0.5, 0.6) is 0 Å². The van der Waals surface area contributed by atoms with Crippen LogP contribution in [0.1, 0.15) is 0 Å². The Morgan fingerprint density at radius 2 is 0.810 bits per heavy atom. The van der Waals surface area contributed by atoms with Crippen LogP contribution in [-0.4, -0.2) is 11.3 Å². The summed E-state index contributed by atoms with van der Waals surface area (Å²) in [6.07, 6.45) is 0. The normalized spacial score (nSPS) is 12.7. The Morgan fingerprint density at radius 3 is 1.52 bits per heavy atom. The van der Waals surface area contributed by atoms with Gasteiger partial charge in [0.1, 0.15) is 0 Å². The van der Waals surface area contributed by atoms with Crippen molar-refractivity contribution in [2.24, 2.45) is 0 Å². The highest BCUT2D eigenvalue weighted by molar-refractivity contribution is 7.01. The highest BCUT2D eigenvalue weighted by Crippen LogP contribution is 2.45. The standard InChI is InChI=1S/C54H36BN3/c1-4-16-40(17-5-1)56-47-25-12-10-22-44(47)45-35-34-39(36-52(45)56)37-30-32-38(33-31-37)43-23-14-27-49-53(43)55-46-24-11-13-26-48(46)57(41-18-6-2-7-19-41)50-28-15-29-51(54(50)55)58(49)42-20-8-3-9-21-42/h1-36H. The summed E-state index contributed by atoms with van der Waals surface area (Å²) in [6.45, 7) is 0.0375. The summed E-state index contributed by atoms with van der Waals surface area (Å²) in [7, 11) is 0. The molecule has 0 radical (unpaired) electrons. The summed E-state index contributed by atoms with van der Waals surface area (Å²) in [6, 6.07) is 79.9. The van der Waals surface area contributed by atoms with E-state index in [1.54, 1.807) is 0 Å². The molecule has 270 valence electrons. The quantitative estimate of drug-likeness (QED) is 0.163. The van der Waals surface area contributed by atoms with Gasteiger partial charge >= 0.3 is 0 Å². The van der Waals surface area contributed by atoms with Gasteiger partial charge in [0.25, 0.3) is 6.71 Å². The molecule has 12 rings (SSSR count). The van der Waals surface area contributed by atoms with Gasteiger partial charge in [-0.25, -0.2) is 0 Å². The first-order valence-corrected chi connectivity index (χ1v) is 20.1. The highest BCUT2D eigenvalue weighted by Gasteiger charge is 2.44. The van der Waals surface area contributed by atoms with E-state index < -0.39 is 0 Å². The number of aromatic nitrogens is 1. The van der Waals surface area contributed by atoms with E-state index in [1.165, 1.54) is 88.9 Å². The van der Waals surface area contributed by atoms with Crippen molar-refractivity contribution in [1.29, 1.82) is 0 Å². The maximum absolute atomic E-state index is 2.47. The number of hydrogen-bond acceptors (Lipinski definition) is 2. The maximum atomic E-state index is 2.47. The molecule has 4 heteroatoms. The fraction of sp³-hybridized carbons (Fsp3) is 0. The second-order valence-corrected chi connectivity index (χ2v) is 15.3. The zero-order chi connectivity index (χ0) is 38.2. The molecule has 0 N–H and O–H groups in total. The van der Waals surface area contributed by atoms with Crippen molar-refractivity contribution >= 4 is 79.0 Å². The first-order chi connectivity index (χ1) is 28.8. The summed E-state index contributed by atoms with van der Waals surface area (Å²) in [5.74, 6) is 0. The van der Waals surface area contributed by atoms with Crippen molar-refractivity contribution in [3.63, 3.8) is 0 Å². The highest BCUT2D eigenvalue weighted by atomic mass is 15.2. The van der Waals surface area contributed by atoms with Crippen molar-refractivity contribution in [3.05, 3.63) is 218 Å². The van der Waals surface area contributed by atoms with Gasteiger partial charge < -0.3 is 14.4 Å². The predicted octanol–water partition coefficient (Wildman–Crippen LogP) is 12.2. The minimum absolute atomic E-state index is 0.0375. The molecule has 0 spiro atoms. The van der Waals surface area contributed by atoms with Gasteiger partial charge in [-0.15, -0.1) is 0 Å². The second kappa shape index (κ2) is 13.0. The molecule has 0 unspecified atom stereocenters. The van der Waals surface area contributed by atoms with Crippen molar-refractivity contribution in [3.8, 4) is 27.9 Å². The molecule has 3 heterocycles. The number of rotatable bonds is 5. The molecule has 0 bridgehead atoms. The van der Waals surface area contributed by atoms with Gasteiger partial charge in [-0.05, 0) is 111 Å². The van der Waals surface area contributed by atoms with E-state index in [4.69, 9.17) is 0 Å². The molecular weight excluding hydrogens is 701 g/mol. The lowest BCUT2D eigenvalue weighted by molar-refractivity contribution is 1.18. The van der Waals surface area contributed by atoms with Gasteiger partial charge in [0.05, 0.1) is 11.0 Å². The summed E-state index contributed by atoms with van der Waals surface area (Å²) in [4.78, 5) is 4.92. The third kappa shape index (κ3) is 4.88. The number of benzene rings is 9. The Morgan fingerprint density at radius 1 is 0.310 bits per heavy atom. The zero-order valence-electron chi connectivity index (χ0n) is 31.7. The van der Waals surface area contributed by atoms with Gasteiger partial charge in [0, 0.05) is 50.6 Å². The molecule has 10 aromatic rings. The van der Waals surface area contributed by atoms with Crippen LogP contribution in [0.25, 0.3) is 49.7 Å². The Bertz CT molecular complexity index is 3160. The molecule has 2 aliphatic heterocycles. The van der Waals surface area contributed by atoms with Gasteiger partial charge in [-0.1, -0.05) is 146 Å². The molecular formula is C54H36BN3. The third-order valence-electron chi connectivity index (χ3n) is 12.2. The second-order valence-electron chi connectivity index (χ2n) is 15.3. The fourth-order valence-electron chi connectivity index (χ4n) is 9.74. The van der Waals surface area contributed by atoms with E-state index in [9.17, 15) is 0 Å². The molecule has 0 amide bonds. The number of nitrogens with zero attached hydrogens (tertiary/aromatic N) is 3. The van der Waals surface area contributed by atoms with Crippen LogP contribution in [0, 0.1) is 0 Å². The van der Waals surface area contributed by atoms with Crippen LogP contribution in [0.3, 0.4) is 0 Å². The third-order valence-corrected chi connectivity index (χ3v) is 12.2. The van der Waals surface area contributed by atoms with E-state index in [0.29, 0.717) is 0 Å². The van der Waals surface area contributed by atoms with E-state index in [-0.39, 0.29) is 6.71 Å². The fourth-order valence-corrected chi connectivity index (χ4v) is 9.74. The van der Waals surface area contributed by atoms with Crippen molar-refractivity contribution in [1.82, 2.24) is 4.57 Å². The zero-order valence-corrected chi connectivity index (χ0v) is 31.7. The van der Waals surface area contributed by atoms with Gasteiger partial charge in [0.15, 0.2) is 0 Å². The minimum Gasteiger partial charge on any atom is -0.311 e. The van der Waals surface area contributed by atoms with Crippen LogP contribution in [0.4, 0.5) is 34.1 Å². The Balaban J connectivity index is 1.04. The van der Waals surface area contributed by atoms with Crippen LogP contribution < -0.4 is 26.2 Å². The molecule has 0 saturated carbocycles. The van der Waals surface area contributed by atoms with Crippen LogP contribution >= 0.6 is 0 Å². The van der Waals surface area contributed by atoms with Crippen molar-refractivity contribution in [2.75, 3.05) is 9.80 Å². The van der Waals surface area contributed by atoms with Crippen molar-refractivity contribution in [2.45, 2.75) is 0 Å². The van der Waals surface area contributed by atoms with E-state index >= 15 is 0 Å². The maximum Gasteiger partial charge on any atom is 0.252 e. The van der Waals surface area contributed by atoms with Gasteiger partial charge in [-0.2, -0.15) is 0 Å². The van der Waals surface area contributed by atoms with E-state index in [0.717, 1.165) is 11.4 Å². The largest absolute Gasteiger partial charge is 0.311 e. The van der Waals surface area contributed by atoms with Crippen LogP contribution in [0.2, 0.25) is 0 Å². The molecule has 9 aromatic carbocycles. The summed E-state index contributed by atoms with van der Waals surface area (Å²) in [5, 5.41) is 2.53. The van der Waals surface area contributed by atoms with E-state index in [2.05, 4.69) is 233 Å². The first kappa shape index (κ1) is 32.7. The lowest BCUT2D eigenvalue weighted by atomic mass is 9.32. The SMILES string of the molecule is c1ccc(N2c3ccccc3B3c4c(-c5ccc(-c6ccc7c8ccccc8n(-c8ccccc8)c7c6)cc5)cccc4N(c4ccccc4)c4cccc2c43)cc1. The predicted molar refractivity (Wildman–Crippen MR) is 246 cm³/mol. The Hall–Kier alpha value is -7.56. The topological polar surface area (TPSA) is 11.4 Å². The monoisotopic (exact) mass is 737 g/mol. The first-order valence-electron chi connectivity index (χ1n) is 20.1. The lowest BCUT2D eigenvalue weighted by Gasteiger charge is -2.44. The Labute approximate surface area is 338 Å². The summed E-state index contributed by atoms with van der Waals surface area (Å²) < 4.78 is 2.39. The molecule has 0 fully saturated rings. The van der Waals surface area contributed by atoms with Crippen molar-refractivity contribution < 1.29 is 0 Å². The van der Waals surface area contributed by atoms with E-state index in [1.807, 2.05) is 0 Å². The number of fused-ring (bicyclic) bond motifs is 7. The number of para-hydroxylation sites is 5. The van der Waals surface area contributed by atoms with Crippen LogP contribution in [-0.2, 0) is 0 Å².